The average molecular weight is 443 g/mol. The van der Waals surface area contributed by atoms with E-state index in [0.717, 1.165) is 34.7 Å². The van der Waals surface area contributed by atoms with Crippen LogP contribution >= 0.6 is 23.4 Å². The van der Waals surface area contributed by atoms with E-state index in [9.17, 15) is 4.79 Å². The van der Waals surface area contributed by atoms with Gasteiger partial charge in [0.2, 0.25) is 0 Å². The van der Waals surface area contributed by atoms with Gasteiger partial charge in [-0.1, -0.05) is 38.8 Å². The highest BCUT2D eigenvalue weighted by Gasteiger charge is 2.20. The van der Waals surface area contributed by atoms with Gasteiger partial charge in [-0.15, -0.1) is 11.8 Å². The molecule has 5 nitrogen and oxygen atoms in total. The molecule has 3 aromatic rings. The zero-order valence-corrected chi connectivity index (χ0v) is 19.3. The molecule has 0 radical (unpaired) electrons. The van der Waals surface area contributed by atoms with Gasteiger partial charge in [0.1, 0.15) is 0 Å². The van der Waals surface area contributed by atoms with Gasteiger partial charge in [0, 0.05) is 27.6 Å². The van der Waals surface area contributed by atoms with Crippen molar-refractivity contribution in [1.82, 2.24) is 20.1 Å². The van der Waals surface area contributed by atoms with E-state index in [-0.39, 0.29) is 11.9 Å². The van der Waals surface area contributed by atoms with Gasteiger partial charge in [0.05, 0.1) is 29.2 Å². The highest BCUT2D eigenvalue weighted by Crippen LogP contribution is 2.27. The summed E-state index contributed by atoms with van der Waals surface area (Å²) in [5, 5.41) is 8.73. The minimum atomic E-state index is -0.131. The maximum absolute atomic E-state index is 13.1. The molecule has 0 aliphatic rings. The third kappa shape index (κ3) is 5.43. The van der Waals surface area contributed by atoms with Crippen LogP contribution in [0.15, 0.2) is 53.8 Å². The van der Waals surface area contributed by atoms with E-state index in [1.165, 1.54) is 0 Å². The minimum Gasteiger partial charge on any atom is -0.345 e. The summed E-state index contributed by atoms with van der Waals surface area (Å²) in [6.45, 7) is 8.32. The van der Waals surface area contributed by atoms with Crippen LogP contribution in [0.3, 0.4) is 0 Å². The second-order valence-corrected chi connectivity index (χ2v) is 9.55. The Bertz CT molecular complexity index is 1000. The van der Waals surface area contributed by atoms with Crippen LogP contribution < -0.4 is 5.32 Å². The normalized spacial score (nSPS) is 12.2. The number of aromatic nitrogens is 3. The smallest absolute Gasteiger partial charge is 0.255 e. The Morgan fingerprint density at radius 3 is 2.60 bits per heavy atom. The molecule has 1 aromatic carbocycles. The molecule has 158 valence electrons. The number of halogens is 1. The summed E-state index contributed by atoms with van der Waals surface area (Å²) >= 11 is 7.75. The molecule has 0 saturated carbocycles. The van der Waals surface area contributed by atoms with Crippen molar-refractivity contribution in [3.63, 3.8) is 0 Å². The molecule has 7 heteroatoms. The third-order valence-electron chi connectivity index (χ3n) is 4.72. The first-order valence-electron chi connectivity index (χ1n) is 10.1. The lowest BCUT2D eigenvalue weighted by molar-refractivity contribution is 0.0933. The van der Waals surface area contributed by atoms with Crippen LogP contribution in [-0.2, 0) is 0 Å². The number of nitrogens with one attached hydrogen (secondary N) is 1. The molecule has 2 heterocycles. The fourth-order valence-corrected chi connectivity index (χ4v) is 4.28. The maximum atomic E-state index is 13.1. The van der Waals surface area contributed by atoms with Gasteiger partial charge < -0.3 is 5.32 Å². The number of nitrogens with zero attached hydrogens (tertiary/aromatic N) is 3. The molecule has 0 bridgehead atoms. The molecular formula is C23H27ClN4OS. The first-order chi connectivity index (χ1) is 14.4. The maximum Gasteiger partial charge on any atom is 0.255 e. The van der Waals surface area contributed by atoms with Gasteiger partial charge in [-0.05, 0) is 49.2 Å². The highest BCUT2D eigenvalue weighted by molar-refractivity contribution is 7.99. The van der Waals surface area contributed by atoms with Crippen molar-refractivity contribution in [2.45, 2.75) is 56.7 Å². The molecule has 1 amide bonds. The second kappa shape index (κ2) is 10.1. The molecule has 1 N–H and O–H groups in total. The van der Waals surface area contributed by atoms with E-state index in [0.29, 0.717) is 15.8 Å². The van der Waals surface area contributed by atoms with E-state index in [1.54, 1.807) is 22.6 Å². The lowest BCUT2D eigenvalue weighted by atomic mass is 10.0. The summed E-state index contributed by atoms with van der Waals surface area (Å²) in [6, 6.07) is 9.42. The minimum absolute atomic E-state index is 0.0963. The van der Waals surface area contributed by atoms with Gasteiger partial charge in [0.15, 0.2) is 0 Å². The standard InChI is InChI=1S/C23H27ClN4OS/c1-5-6-22(17-11-20(13-25-12-17)30-15(2)3)27-23(29)21-14-26-28(16(21)4)19-9-7-18(24)8-10-19/h7-15,22H,5-6H2,1-4H3,(H,27,29). The van der Waals surface area contributed by atoms with Crippen molar-refractivity contribution in [3.8, 4) is 5.69 Å². The van der Waals surface area contributed by atoms with Crippen LogP contribution in [0.25, 0.3) is 5.69 Å². The Morgan fingerprint density at radius 2 is 1.93 bits per heavy atom. The lowest BCUT2D eigenvalue weighted by Gasteiger charge is -2.19. The van der Waals surface area contributed by atoms with Gasteiger partial charge in [-0.2, -0.15) is 5.10 Å². The summed E-state index contributed by atoms with van der Waals surface area (Å²) < 4.78 is 1.75. The van der Waals surface area contributed by atoms with E-state index < -0.39 is 0 Å². The number of amides is 1. The Balaban J connectivity index is 1.81. The molecule has 0 aliphatic carbocycles. The predicted molar refractivity (Wildman–Crippen MR) is 124 cm³/mol. The van der Waals surface area contributed by atoms with Crippen LogP contribution in [0.4, 0.5) is 0 Å². The first-order valence-corrected chi connectivity index (χ1v) is 11.4. The summed E-state index contributed by atoms with van der Waals surface area (Å²) in [4.78, 5) is 18.6. The second-order valence-electron chi connectivity index (χ2n) is 7.47. The largest absolute Gasteiger partial charge is 0.345 e. The number of hydrogen-bond acceptors (Lipinski definition) is 4. The number of pyridine rings is 1. The van der Waals surface area contributed by atoms with Gasteiger partial charge in [0.25, 0.3) is 5.91 Å². The Morgan fingerprint density at radius 1 is 1.20 bits per heavy atom. The van der Waals surface area contributed by atoms with E-state index in [4.69, 9.17) is 11.6 Å². The summed E-state index contributed by atoms with van der Waals surface area (Å²) in [5.74, 6) is -0.131. The monoisotopic (exact) mass is 442 g/mol. The average Bonchev–Trinajstić information content (AvgIpc) is 3.09. The Hall–Kier alpha value is -2.31. The summed E-state index contributed by atoms with van der Waals surface area (Å²) in [6.07, 6.45) is 7.13. The zero-order valence-electron chi connectivity index (χ0n) is 17.7. The van der Waals surface area contributed by atoms with Crippen molar-refractivity contribution in [3.05, 3.63) is 70.8 Å². The van der Waals surface area contributed by atoms with Crippen molar-refractivity contribution >= 4 is 29.3 Å². The summed E-state index contributed by atoms with van der Waals surface area (Å²) in [7, 11) is 0. The van der Waals surface area contributed by atoms with Crippen LogP contribution in [0.2, 0.25) is 5.02 Å². The number of rotatable bonds is 8. The van der Waals surface area contributed by atoms with E-state index in [2.05, 4.69) is 42.2 Å². The molecule has 0 aliphatic heterocycles. The molecule has 30 heavy (non-hydrogen) atoms. The topological polar surface area (TPSA) is 59.8 Å². The fourth-order valence-electron chi connectivity index (χ4n) is 3.28. The van der Waals surface area contributed by atoms with Crippen molar-refractivity contribution in [2.75, 3.05) is 0 Å². The van der Waals surface area contributed by atoms with Crippen molar-refractivity contribution < 1.29 is 4.79 Å². The van der Waals surface area contributed by atoms with Crippen molar-refractivity contribution in [1.29, 1.82) is 0 Å². The van der Waals surface area contributed by atoms with Gasteiger partial charge in [-0.25, -0.2) is 4.68 Å². The van der Waals surface area contributed by atoms with Crippen LogP contribution in [0, 0.1) is 6.92 Å². The van der Waals surface area contributed by atoms with E-state index in [1.807, 2.05) is 43.6 Å². The number of benzene rings is 1. The Labute approximate surface area is 187 Å². The number of hydrogen-bond donors (Lipinski definition) is 1. The van der Waals surface area contributed by atoms with Gasteiger partial charge >= 0.3 is 0 Å². The lowest BCUT2D eigenvalue weighted by Crippen LogP contribution is -2.29. The van der Waals surface area contributed by atoms with Crippen LogP contribution in [0.1, 0.15) is 61.3 Å². The summed E-state index contributed by atoms with van der Waals surface area (Å²) in [5.41, 5.74) is 3.24. The molecule has 1 unspecified atom stereocenters. The van der Waals surface area contributed by atoms with Gasteiger partial charge in [-0.3, -0.25) is 9.78 Å². The number of thioether (sulfide) groups is 1. The quantitative estimate of drug-likeness (QED) is 0.434. The third-order valence-corrected chi connectivity index (χ3v) is 5.94. The molecule has 0 spiro atoms. The molecule has 1 atom stereocenters. The SMILES string of the molecule is CCCC(NC(=O)c1cnn(-c2ccc(Cl)cc2)c1C)c1cncc(SC(C)C)c1. The van der Waals surface area contributed by atoms with Crippen molar-refractivity contribution in [2.24, 2.45) is 0 Å². The molecule has 0 saturated heterocycles. The van der Waals surface area contributed by atoms with Crippen LogP contribution in [0.5, 0.6) is 0 Å². The molecule has 2 aromatic heterocycles. The molecular weight excluding hydrogens is 416 g/mol. The molecule has 0 fully saturated rings. The first kappa shape index (κ1) is 22.4. The number of carbonyl (C=O) groups excluding carboxylic acids is 1. The number of carbonyl (C=O) groups is 1. The van der Waals surface area contributed by atoms with E-state index >= 15 is 0 Å². The Kier molecular flexibility index (Phi) is 7.56. The highest BCUT2D eigenvalue weighted by atomic mass is 35.5. The van der Waals surface area contributed by atoms with Crippen LogP contribution in [-0.4, -0.2) is 25.9 Å². The fraction of sp³-hybridized carbons (Fsp3) is 0.348. The molecule has 3 rings (SSSR count). The predicted octanol–water partition coefficient (Wildman–Crippen LogP) is 6.00. The zero-order chi connectivity index (χ0) is 21.7.